The molecule has 7 nitrogen and oxygen atoms in total. The summed E-state index contributed by atoms with van der Waals surface area (Å²) in [7, 11) is 1.76. The van der Waals surface area contributed by atoms with Gasteiger partial charge in [0.2, 0.25) is 5.91 Å². The Morgan fingerprint density at radius 1 is 1.10 bits per heavy atom. The van der Waals surface area contributed by atoms with E-state index in [4.69, 9.17) is 11.6 Å². The number of nitrogens with zero attached hydrogens (tertiary/aromatic N) is 3. The first kappa shape index (κ1) is 21.7. The number of nitro groups is 1. The molecule has 2 aromatic rings. The number of anilines is 1. The summed E-state index contributed by atoms with van der Waals surface area (Å²) < 4.78 is 0. The molecule has 0 saturated carbocycles. The molecule has 2 atom stereocenters. The quantitative estimate of drug-likeness (QED) is 0.547. The van der Waals surface area contributed by atoms with E-state index < -0.39 is 4.92 Å². The van der Waals surface area contributed by atoms with E-state index in [1.54, 1.807) is 24.1 Å². The number of non-ortho nitro benzene ring substituents is 1. The van der Waals surface area contributed by atoms with E-state index in [0.29, 0.717) is 17.4 Å². The second kappa shape index (κ2) is 9.34. The van der Waals surface area contributed by atoms with E-state index in [1.807, 2.05) is 24.3 Å². The van der Waals surface area contributed by atoms with Crippen molar-refractivity contribution in [3.63, 3.8) is 0 Å². The molecule has 2 unspecified atom stereocenters. The molecule has 0 radical (unpaired) electrons. The summed E-state index contributed by atoms with van der Waals surface area (Å²) in [4.78, 5) is 28.5. The van der Waals surface area contributed by atoms with Crippen molar-refractivity contribution in [1.82, 2.24) is 10.2 Å². The van der Waals surface area contributed by atoms with E-state index in [2.05, 4.69) is 10.2 Å². The molecule has 1 N–H and O–H groups in total. The number of hydrogen-bond acceptors (Lipinski definition) is 5. The number of benzene rings is 2. The van der Waals surface area contributed by atoms with Gasteiger partial charge < -0.3 is 10.2 Å². The Bertz CT molecular complexity index is 983. The minimum atomic E-state index is -0.394. The van der Waals surface area contributed by atoms with Crippen LogP contribution in [0.4, 0.5) is 11.4 Å². The Balaban J connectivity index is 1.93. The zero-order valence-corrected chi connectivity index (χ0v) is 18.3. The van der Waals surface area contributed by atoms with Crippen LogP contribution in [0, 0.1) is 10.1 Å². The maximum atomic E-state index is 13.6. The van der Waals surface area contributed by atoms with Crippen molar-refractivity contribution in [2.24, 2.45) is 0 Å². The van der Waals surface area contributed by atoms with Gasteiger partial charge in [-0.1, -0.05) is 49.1 Å². The van der Waals surface area contributed by atoms with E-state index in [9.17, 15) is 14.9 Å². The molecule has 1 saturated heterocycles. The molecular weight excluding hydrogens is 416 g/mol. The van der Waals surface area contributed by atoms with Crippen LogP contribution in [-0.2, 0) is 4.79 Å². The molecule has 2 aliphatic heterocycles. The van der Waals surface area contributed by atoms with Crippen LogP contribution in [0.3, 0.4) is 0 Å². The number of amides is 1. The maximum Gasteiger partial charge on any atom is 0.269 e. The molecule has 2 heterocycles. The van der Waals surface area contributed by atoms with Crippen LogP contribution in [-0.4, -0.2) is 42.0 Å². The fourth-order valence-electron chi connectivity index (χ4n) is 4.71. The molecule has 1 fully saturated rings. The van der Waals surface area contributed by atoms with Crippen LogP contribution in [0.15, 0.2) is 42.5 Å². The van der Waals surface area contributed by atoms with Gasteiger partial charge in [0.1, 0.15) is 0 Å². The highest BCUT2D eigenvalue weighted by atomic mass is 35.5. The number of nitrogens with one attached hydrogen (secondary N) is 1. The summed E-state index contributed by atoms with van der Waals surface area (Å²) in [5.41, 5.74) is 2.25. The minimum Gasteiger partial charge on any atom is -0.314 e. The molecule has 8 heteroatoms. The topological polar surface area (TPSA) is 78.7 Å². The van der Waals surface area contributed by atoms with Gasteiger partial charge in [0.15, 0.2) is 0 Å². The van der Waals surface area contributed by atoms with Gasteiger partial charge in [-0.05, 0) is 37.1 Å². The summed E-state index contributed by atoms with van der Waals surface area (Å²) in [6.07, 6.45) is 5.02. The van der Waals surface area contributed by atoms with Crippen LogP contribution in [0.2, 0.25) is 5.02 Å². The van der Waals surface area contributed by atoms with E-state index in [1.165, 1.54) is 6.07 Å². The fraction of sp³-hybridized carbons (Fsp3) is 0.435. The van der Waals surface area contributed by atoms with Crippen molar-refractivity contribution >= 4 is 28.9 Å². The largest absolute Gasteiger partial charge is 0.314 e. The molecule has 31 heavy (non-hydrogen) atoms. The molecule has 164 valence electrons. The molecule has 0 spiro atoms. The Kier molecular flexibility index (Phi) is 6.55. The van der Waals surface area contributed by atoms with Gasteiger partial charge in [0.05, 0.1) is 17.0 Å². The summed E-state index contributed by atoms with van der Waals surface area (Å²) in [5, 5.41) is 15.6. The summed E-state index contributed by atoms with van der Waals surface area (Å²) >= 11 is 6.64. The van der Waals surface area contributed by atoms with Crippen molar-refractivity contribution in [2.45, 2.75) is 44.2 Å². The van der Waals surface area contributed by atoms with Gasteiger partial charge in [-0.2, -0.15) is 0 Å². The number of likely N-dealkylation sites (N-methyl/N-ethyl adjacent to an activating group) is 1. The van der Waals surface area contributed by atoms with E-state index in [-0.39, 0.29) is 23.7 Å². The zero-order chi connectivity index (χ0) is 22.0. The third-order valence-electron chi connectivity index (χ3n) is 6.30. The number of carbonyl (C=O) groups is 1. The van der Waals surface area contributed by atoms with E-state index >= 15 is 0 Å². The number of rotatable bonds is 2. The highest BCUT2D eigenvalue weighted by Gasteiger charge is 2.41. The van der Waals surface area contributed by atoms with Crippen molar-refractivity contribution < 1.29 is 9.72 Å². The maximum absolute atomic E-state index is 13.6. The second-order valence-corrected chi connectivity index (χ2v) is 8.62. The number of halogens is 1. The summed E-state index contributed by atoms with van der Waals surface area (Å²) in [6, 6.07) is 11.6. The van der Waals surface area contributed by atoms with Gasteiger partial charge in [-0.25, -0.2) is 0 Å². The first-order valence-corrected chi connectivity index (χ1v) is 11.1. The van der Waals surface area contributed by atoms with Crippen LogP contribution < -0.4 is 10.2 Å². The lowest BCUT2D eigenvalue weighted by molar-refractivity contribution is -0.384. The molecular formula is C23H27ClN4O3. The molecule has 0 bridgehead atoms. The third kappa shape index (κ3) is 4.31. The average Bonchev–Trinajstić information content (AvgIpc) is 2.85. The first-order valence-electron chi connectivity index (χ1n) is 10.8. The van der Waals surface area contributed by atoms with Gasteiger partial charge in [0, 0.05) is 42.1 Å². The fourth-order valence-corrected chi connectivity index (χ4v) is 4.94. The highest BCUT2D eigenvalue weighted by Crippen LogP contribution is 2.43. The van der Waals surface area contributed by atoms with Crippen LogP contribution >= 0.6 is 11.6 Å². The highest BCUT2D eigenvalue weighted by molar-refractivity contribution is 6.31. The van der Waals surface area contributed by atoms with Crippen molar-refractivity contribution in [2.75, 3.05) is 25.2 Å². The number of carbonyl (C=O) groups excluding carboxylic acids is 1. The standard InChI is InChI=1S/C23H27ClN4O3/c1-26-20-12-11-16(28(30)31)14-18(20)22(17-8-5-6-9-19(17)24)27-15-25-13-7-3-2-4-10-21(27)23(26)29/h5-6,8-9,11-12,14,21-22,25H,2-4,7,10,13,15H2,1H3. The number of nitro benzene ring substituents is 1. The molecule has 0 aromatic heterocycles. The third-order valence-corrected chi connectivity index (χ3v) is 6.64. The Morgan fingerprint density at radius 2 is 1.87 bits per heavy atom. The lowest BCUT2D eigenvalue weighted by Crippen LogP contribution is -2.50. The first-order chi connectivity index (χ1) is 15.0. The lowest BCUT2D eigenvalue weighted by Gasteiger charge is -2.37. The van der Waals surface area contributed by atoms with Crippen molar-refractivity contribution in [1.29, 1.82) is 0 Å². The van der Waals surface area contributed by atoms with Crippen LogP contribution in [0.25, 0.3) is 0 Å². The Morgan fingerprint density at radius 3 is 2.65 bits per heavy atom. The monoisotopic (exact) mass is 442 g/mol. The number of fused-ring (bicyclic) bond motifs is 2. The van der Waals surface area contributed by atoms with E-state index in [0.717, 1.165) is 49.8 Å². The van der Waals surface area contributed by atoms with Crippen LogP contribution in [0.5, 0.6) is 0 Å². The second-order valence-electron chi connectivity index (χ2n) is 8.21. The Labute approximate surface area is 187 Å². The predicted octanol–water partition coefficient (Wildman–Crippen LogP) is 4.50. The molecule has 2 aromatic carbocycles. The summed E-state index contributed by atoms with van der Waals surface area (Å²) in [6.45, 7) is 1.37. The Hall–Kier alpha value is -2.48. The zero-order valence-electron chi connectivity index (χ0n) is 17.6. The minimum absolute atomic E-state index is 0.00382. The normalized spacial score (nSPS) is 22.9. The van der Waals surface area contributed by atoms with Gasteiger partial charge in [-0.3, -0.25) is 19.8 Å². The predicted molar refractivity (Wildman–Crippen MR) is 121 cm³/mol. The lowest BCUT2D eigenvalue weighted by atomic mass is 9.94. The SMILES string of the molecule is CN1C(=O)C2CCCCCCNCN2C(c2ccccc2Cl)c2cc([N+](=O)[O-])ccc21. The molecule has 4 rings (SSSR count). The number of hydrogen-bond donors (Lipinski definition) is 1. The van der Waals surface area contributed by atoms with Gasteiger partial charge >= 0.3 is 0 Å². The van der Waals surface area contributed by atoms with Crippen LogP contribution in [0.1, 0.15) is 49.3 Å². The summed E-state index contributed by atoms with van der Waals surface area (Å²) in [5.74, 6) is 0.00651. The van der Waals surface area contributed by atoms with Crippen molar-refractivity contribution in [3.8, 4) is 0 Å². The smallest absolute Gasteiger partial charge is 0.269 e. The molecule has 2 aliphatic rings. The van der Waals surface area contributed by atoms with Gasteiger partial charge in [-0.15, -0.1) is 0 Å². The molecule has 1 amide bonds. The van der Waals surface area contributed by atoms with Gasteiger partial charge in [0.25, 0.3) is 5.69 Å². The molecule has 0 aliphatic carbocycles. The average molecular weight is 443 g/mol. The van der Waals surface area contributed by atoms with Crippen molar-refractivity contribution in [3.05, 3.63) is 68.7 Å².